The first-order chi connectivity index (χ1) is 10.7. The molecule has 1 aliphatic heterocycles. The van der Waals surface area contributed by atoms with Gasteiger partial charge in [-0.3, -0.25) is 0 Å². The van der Waals surface area contributed by atoms with E-state index in [4.69, 9.17) is 0 Å². The van der Waals surface area contributed by atoms with Gasteiger partial charge < -0.3 is 5.32 Å². The summed E-state index contributed by atoms with van der Waals surface area (Å²) < 4.78 is 64.6. The molecule has 4 nitrogen and oxygen atoms in total. The minimum atomic E-state index is -4.55. The standard InChI is InChI=1S/C15H21F3N2O2S/c1-2-19-11-12-6-8-20(9-7-12)23(21,22)14-5-3-4-13(10-14)15(16,17)18/h3-5,10,12,19H,2,6-9,11H2,1H3. The average Bonchev–Trinajstić information content (AvgIpc) is 2.52. The molecule has 8 heteroatoms. The van der Waals surface area contributed by atoms with Crippen molar-refractivity contribution < 1.29 is 21.6 Å². The van der Waals surface area contributed by atoms with Gasteiger partial charge in [0.15, 0.2) is 0 Å². The van der Waals surface area contributed by atoms with Crippen molar-refractivity contribution in [2.45, 2.75) is 30.8 Å². The molecule has 0 aromatic heterocycles. The number of hydrogen-bond acceptors (Lipinski definition) is 3. The highest BCUT2D eigenvalue weighted by Crippen LogP contribution is 2.31. The first kappa shape index (κ1) is 18.2. The summed E-state index contributed by atoms with van der Waals surface area (Å²) in [6, 6.07) is 3.94. The van der Waals surface area contributed by atoms with Crippen LogP contribution < -0.4 is 5.32 Å². The molecule has 0 bridgehead atoms. The minimum absolute atomic E-state index is 0.294. The highest BCUT2D eigenvalue weighted by atomic mass is 32.2. The van der Waals surface area contributed by atoms with Gasteiger partial charge in [0, 0.05) is 13.1 Å². The van der Waals surface area contributed by atoms with E-state index in [9.17, 15) is 21.6 Å². The van der Waals surface area contributed by atoms with Crippen molar-refractivity contribution in [3.8, 4) is 0 Å². The lowest BCUT2D eigenvalue weighted by molar-refractivity contribution is -0.137. The summed E-state index contributed by atoms with van der Waals surface area (Å²) in [5, 5.41) is 3.23. The molecule has 1 aromatic rings. The second-order valence-electron chi connectivity index (χ2n) is 5.68. The van der Waals surface area contributed by atoms with Crippen LogP contribution in [0.1, 0.15) is 25.3 Å². The maximum Gasteiger partial charge on any atom is 0.416 e. The number of piperidine rings is 1. The summed E-state index contributed by atoms with van der Waals surface area (Å²) in [6.07, 6.45) is -3.12. The van der Waals surface area contributed by atoms with Gasteiger partial charge in [0.25, 0.3) is 0 Å². The van der Waals surface area contributed by atoms with E-state index in [1.165, 1.54) is 10.4 Å². The number of hydrogen-bond donors (Lipinski definition) is 1. The molecule has 1 aliphatic rings. The third kappa shape index (κ3) is 4.45. The molecular weight excluding hydrogens is 329 g/mol. The zero-order valence-corrected chi connectivity index (χ0v) is 13.8. The molecule has 1 fully saturated rings. The lowest BCUT2D eigenvalue weighted by Gasteiger charge is -2.31. The van der Waals surface area contributed by atoms with Crippen molar-refractivity contribution in [2.24, 2.45) is 5.92 Å². The van der Waals surface area contributed by atoms with Crippen molar-refractivity contribution in [1.29, 1.82) is 0 Å². The molecule has 1 heterocycles. The van der Waals surface area contributed by atoms with Crippen LogP contribution in [0, 0.1) is 5.92 Å². The van der Waals surface area contributed by atoms with Gasteiger partial charge in [-0.25, -0.2) is 8.42 Å². The van der Waals surface area contributed by atoms with Crippen LogP contribution in [-0.4, -0.2) is 38.9 Å². The van der Waals surface area contributed by atoms with E-state index in [1.807, 2.05) is 6.92 Å². The molecular formula is C15H21F3N2O2S. The third-order valence-corrected chi connectivity index (χ3v) is 5.95. The predicted molar refractivity (Wildman–Crippen MR) is 81.5 cm³/mol. The Bertz CT molecular complexity index is 624. The van der Waals surface area contributed by atoms with Crippen LogP contribution in [0.5, 0.6) is 0 Å². The minimum Gasteiger partial charge on any atom is -0.317 e. The molecule has 0 unspecified atom stereocenters. The van der Waals surface area contributed by atoms with Crippen molar-refractivity contribution in [2.75, 3.05) is 26.2 Å². The molecule has 130 valence electrons. The van der Waals surface area contributed by atoms with E-state index in [-0.39, 0.29) is 4.90 Å². The van der Waals surface area contributed by atoms with Crippen molar-refractivity contribution >= 4 is 10.0 Å². The summed E-state index contributed by atoms with van der Waals surface area (Å²) in [4.78, 5) is -0.294. The number of halogens is 3. The summed E-state index contributed by atoms with van der Waals surface area (Å²) >= 11 is 0. The van der Waals surface area contributed by atoms with Crippen molar-refractivity contribution in [1.82, 2.24) is 9.62 Å². The van der Waals surface area contributed by atoms with Gasteiger partial charge in [-0.2, -0.15) is 17.5 Å². The van der Waals surface area contributed by atoms with Crippen molar-refractivity contribution in [3.63, 3.8) is 0 Å². The smallest absolute Gasteiger partial charge is 0.317 e. The zero-order valence-electron chi connectivity index (χ0n) is 12.9. The largest absolute Gasteiger partial charge is 0.416 e. The van der Waals surface area contributed by atoms with E-state index < -0.39 is 21.8 Å². The van der Waals surface area contributed by atoms with E-state index in [0.29, 0.717) is 37.9 Å². The van der Waals surface area contributed by atoms with Gasteiger partial charge >= 0.3 is 6.18 Å². The number of alkyl halides is 3. The molecule has 23 heavy (non-hydrogen) atoms. The van der Waals surface area contributed by atoms with E-state index in [0.717, 1.165) is 25.2 Å². The van der Waals surface area contributed by atoms with E-state index in [2.05, 4.69) is 5.32 Å². The van der Waals surface area contributed by atoms with Gasteiger partial charge in [0.05, 0.1) is 10.5 Å². The first-order valence-corrected chi connectivity index (χ1v) is 9.07. The molecule has 2 rings (SSSR count). The Morgan fingerprint density at radius 1 is 1.26 bits per heavy atom. The van der Waals surface area contributed by atoms with E-state index >= 15 is 0 Å². The lowest BCUT2D eigenvalue weighted by atomic mass is 9.98. The molecule has 1 aromatic carbocycles. The quantitative estimate of drug-likeness (QED) is 0.888. The average molecular weight is 350 g/mol. The fraction of sp³-hybridized carbons (Fsp3) is 0.600. The SMILES string of the molecule is CCNCC1CCN(S(=O)(=O)c2cccc(C(F)(F)F)c2)CC1. The van der Waals surface area contributed by atoms with Crippen LogP contribution in [0.4, 0.5) is 13.2 Å². The van der Waals surface area contributed by atoms with E-state index in [1.54, 1.807) is 0 Å². The normalized spacial score (nSPS) is 18.3. The molecule has 0 saturated carbocycles. The highest BCUT2D eigenvalue weighted by Gasteiger charge is 2.34. The number of benzene rings is 1. The van der Waals surface area contributed by atoms with Gasteiger partial charge in [-0.05, 0) is 50.0 Å². The van der Waals surface area contributed by atoms with Gasteiger partial charge in [0.2, 0.25) is 10.0 Å². The predicted octanol–water partition coefficient (Wildman–Crippen LogP) is 2.72. The monoisotopic (exact) mass is 350 g/mol. The third-order valence-electron chi connectivity index (χ3n) is 4.06. The van der Waals surface area contributed by atoms with Crippen LogP contribution in [-0.2, 0) is 16.2 Å². The zero-order chi connectivity index (χ0) is 17.1. The van der Waals surface area contributed by atoms with Gasteiger partial charge in [0.1, 0.15) is 0 Å². The van der Waals surface area contributed by atoms with Crippen molar-refractivity contribution in [3.05, 3.63) is 29.8 Å². The van der Waals surface area contributed by atoms with Gasteiger partial charge in [-0.1, -0.05) is 13.0 Å². The Hall–Kier alpha value is -1.12. The summed E-state index contributed by atoms with van der Waals surface area (Å²) in [6.45, 7) is 4.40. The maximum absolute atomic E-state index is 12.8. The second kappa shape index (κ2) is 7.19. The first-order valence-electron chi connectivity index (χ1n) is 7.63. The summed E-state index contributed by atoms with van der Waals surface area (Å²) in [7, 11) is -3.88. The Kier molecular flexibility index (Phi) is 5.70. The second-order valence-corrected chi connectivity index (χ2v) is 7.62. The van der Waals surface area contributed by atoms with Crippen LogP contribution >= 0.6 is 0 Å². The Labute approximate surface area is 134 Å². The van der Waals surface area contributed by atoms with Crippen LogP contribution in [0.2, 0.25) is 0 Å². The fourth-order valence-electron chi connectivity index (χ4n) is 2.68. The number of nitrogens with zero attached hydrogens (tertiary/aromatic N) is 1. The molecule has 1 N–H and O–H groups in total. The lowest BCUT2D eigenvalue weighted by Crippen LogP contribution is -2.40. The number of rotatable bonds is 5. The fourth-order valence-corrected chi connectivity index (χ4v) is 4.20. The molecule has 0 radical (unpaired) electrons. The molecule has 0 aliphatic carbocycles. The van der Waals surface area contributed by atoms with Crippen LogP contribution in [0.25, 0.3) is 0 Å². The summed E-state index contributed by atoms with van der Waals surface area (Å²) in [5.74, 6) is 0.405. The van der Waals surface area contributed by atoms with Crippen LogP contribution in [0.3, 0.4) is 0 Å². The number of sulfonamides is 1. The van der Waals surface area contributed by atoms with Crippen LogP contribution in [0.15, 0.2) is 29.2 Å². The Balaban J connectivity index is 2.11. The highest BCUT2D eigenvalue weighted by molar-refractivity contribution is 7.89. The maximum atomic E-state index is 12.8. The summed E-state index contributed by atoms with van der Waals surface area (Å²) in [5.41, 5.74) is -0.944. The molecule has 0 atom stereocenters. The topological polar surface area (TPSA) is 49.4 Å². The molecule has 0 amide bonds. The Morgan fingerprint density at radius 3 is 2.48 bits per heavy atom. The van der Waals surface area contributed by atoms with Gasteiger partial charge in [-0.15, -0.1) is 0 Å². The number of nitrogens with one attached hydrogen (secondary N) is 1. The molecule has 1 saturated heterocycles. The Morgan fingerprint density at radius 2 is 1.91 bits per heavy atom. The molecule has 0 spiro atoms.